The van der Waals surface area contributed by atoms with Gasteiger partial charge in [0.1, 0.15) is 11.5 Å². The summed E-state index contributed by atoms with van der Waals surface area (Å²) < 4.78 is 15.5. The maximum Gasteiger partial charge on any atom is 0.414 e. The summed E-state index contributed by atoms with van der Waals surface area (Å²) in [7, 11) is 3.14. The number of carboxylic acids is 2. The summed E-state index contributed by atoms with van der Waals surface area (Å²) in [5.41, 5.74) is 0.646. The first-order valence-corrected chi connectivity index (χ1v) is 10.1. The molecule has 32 heavy (non-hydrogen) atoms. The minimum atomic E-state index is -1.82. The zero-order valence-corrected chi connectivity index (χ0v) is 18.5. The van der Waals surface area contributed by atoms with E-state index in [4.69, 9.17) is 34.0 Å². The summed E-state index contributed by atoms with van der Waals surface area (Å²) >= 11 is 0. The number of nitrogens with one attached hydrogen (secondary N) is 1. The Kier molecular flexibility index (Phi) is 11.6. The second-order valence-corrected chi connectivity index (χ2v) is 6.88. The van der Waals surface area contributed by atoms with Gasteiger partial charge in [0.15, 0.2) is 0 Å². The van der Waals surface area contributed by atoms with Gasteiger partial charge in [-0.3, -0.25) is 9.59 Å². The van der Waals surface area contributed by atoms with E-state index in [9.17, 15) is 9.59 Å². The van der Waals surface area contributed by atoms with Gasteiger partial charge in [0.25, 0.3) is 0 Å². The molecule has 1 saturated heterocycles. The Bertz CT molecular complexity index is 755. The minimum absolute atomic E-state index is 0.00993. The maximum absolute atomic E-state index is 12.2. The van der Waals surface area contributed by atoms with E-state index in [0.717, 1.165) is 25.9 Å². The van der Waals surface area contributed by atoms with Gasteiger partial charge in [-0.15, -0.1) is 0 Å². The van der Waals surface area contributed by atoms with Crippen LogP contribution in [0.1, 0.15) is 26.2 Å². The van der Waals surface area contributed by atoms with Crippen molar-refractivity contribution in [1.82, 2.24) is 4.90 Å². The van der Waals surface area contributed by atoms with Gasteiger partial charge in [0, 0.05) is 36.9 Å². The summed E-state index contributed by atoms with van der Waals surface area (Å²) in [6.07, 6.45) is 1.96. The number of carbonyl (C=O) groups is 4. The summed E-state index contributed by atoms with van der Waals surface area (Å²) in [5.74, 6) is -2.57. The molecule has 0 radical (unpaired) electrons. The van der Waals surface area contributed by atoms with Gasteiger partial charge in [0.05, 0.1) is 26.7 Å². The molecule has 0 unspecified atom stereocenters. The van der Waals surface area contributed by atoms with Gasteiger partial charge in [0.2, 0.25) is 5.91 Å². The molecule has 3 N–H and O–H groups in total. The molecule has 1 aromatic rings. The molecule has 0 spiro atoms. The van der Waals surface area contributed by atoms with Gasteiger partial charge in [-0.2, -0.15) is 0 Å². The highest BCUT2D eigenvalue weighted by Crippen LogP contribution is 2.26. The number of ether oxygens (including phenoxy) is 3. The predicted octanol–water partition coefficient (Wildman–Crippen LogP) is 1.46. The Balaban J connectivity index is 0.000000751. The molecule has 0 saturated carbocycles. The van der Waals surface area contributed by atoms with Crippen LogP contribution in [0.3, 0.4) is 0 Å². The molecule has 2 rings (SSSR count). The molecule has 1 fully saturated rings. The predicted molar refractivity (Wildman–Crippen MR) is 114 cm³/mol. The second-order valence-electron chi connectivity index (χ2n) is 6.88. The summed E-state index contributed by atoms with van der Waals surface area (Å²) in [4.78, 5) is 44.4. The lowest BCUT2D eigenvalue weighted by Gasteiger charge is -2.30. The quantitative estimate of drug-likeness (QED) is 0.389. The maximum atomic E-state index is 12.2. The topological polar surface area (TPSA) is 152 Å². The van der Waals surface area contributed by atoms with Crippen molar-refractivity contribution >= 4 is 29.5 Å². The lowest BCUT2D eigenvalue weighted by Crippen LogP contribution is -2.38. The van der Waals surface area contributed by atoms with Crippen molar-refractivity contribution in [2.24, 2.45) is 5.92 Å². The molecule has 11 heteroatoms. The number of anilines is 1. The van der Waals surface area contributed by atoms with Crippen LogP contribution in [0, 0.1) is 5.92 Å². The smallest absolute Gasteiger partial charge is 0.414 e. The van der Waals surface area contributed by atoms with Gasteiger partial charge in [-0.05, 0) is 32.9 Å². The van der Waals surface area contributed by atoms with Crippen LogP contribution in [0.2, 0.25) is 0 Å². The Morgan fingerprint density at radius 1 is 1.00 bits per heavy atom. The number of piperidine rings is 1. The Morgan fingerprint density at radius 3 is 1.97 bits per heavy atom. The van der Waals surface area contributed by atoms with Crippen molar-refractivity contribution < 1.29 is 43.6 Å². The number of nitrogens with zero attached hydrogens (tertiary/aromatic N) is 1. The number of carboxylic acid groups (broad SMARTS) is 2. The summed E-state index contributed by atoms with van der Waals surface area (Å²) in [6, 6.07) is 5.26. The molecule has 1 aliphatic rings. The van der Waals surface area contributed by atoms with Crippen molar-refractivity contribution in [1.29, 1.82) is 0 Å². The van der Waals surface area contributed by atoms with Crippen LogP contribution in [-0.4, -0.2) is 79.4 Å². The van der Waals surface area contributed by atoms with Crippen LogP contribution in [0.5, 0.6) is 11.5 Å². The third-order valence-electron chi connectivity index (χ3n) is 4.68. The van der Waals surface area contributed by atoms with E-state index in [0.29, 0.717) is 36.8 Å². The fourth-order valence-electron chi connectivity index (χ4n) is 3.02. The number of carbonyl (C=O) groups excluding carboxylic acids is 2. The first-order valence-electron chi connectivity index (χ1n) is 10.1. The SMILES string of the molecule is CCOC(=O)C1CCN(CCC(=O)Nc2cc(OC)cc(OC)c2)CC1.O=C(O)C(=O)O. The number of hydrogen-bond donors (Lipinski definition) is 3. The van der Waals surface area contributed by atoms with E-state index in [1.165, 1.54) is 0 Å². The van der Waals surface area contributed by atoms with E-state index in [1.54, 1.807) is 32.4 Å². The molecule has 0 aromatic heterocycles. The third-order valence-corrected chi connectivity index (χ3v) is 4.68. The monoisotopic (exact) mass is 454 g/mol. The molecule has 1 heterocycles. The number of rotatable bonds is 8. The average molecular weight is 454 g/mol. The van der Waals surface area contributed by atoms with Crippen LogP contribution in [-0.2, 0) is 23.9 Å². The Morgan fingerprint density at radius 2 is 1.53 bits per heavy atom. The van der Waals surface area contributed by atoms with Gasteiger partial charge in [-0.1, -0.05) is 0 Å². The van der Waals surface area contributed by atoms with Crippen molar-refractivity contribution in [2.45, 2.75) is 26.2 Å². The molecule has 1 aromatic carbocycles. The van der Waals surface area contributed by atoms with Gasteiger partial charge >= 0.3 is 17.9 Å². The lowest BCUT2D eigenvalue weighted by atomic mass is 9.97. The van der Waals surface area contributed by atoms with Gasteiger partial charge < -0.3 is 34.6 Å². The highest BCUT2D eigenvalue weighted by molar-refractivity contribution is 6.27. The summed E-state index contributed by atoms with van der Waals surface area (Å²) in [5, 5.41) is 17.7. The zero-order valence-electron chi connectivity index (χ0n) is 18.5. The lowest BCUT2D eigenvalue weighted by molar-refractivity contribution is -0.159. The van der Waals surface area contributed by atoms with Crippen molar-refractivity contribution in [3.05, 3.63) is 18.2 Å². The Labute approximate surface area is 186 Å². The zero-order chi connectivity index (χ0) is 24.1. The van der Waals surface area contributed by atoms with Crippen molar-refractivity contribution in [2.75, 3.05) is 45.8 Å². The minimum Gasteiger partial charge on any atom is -0.497 e. The molecule has 178 valence electrons. The first kappa shape index (κ1) is 26.7. The first-order chi connectivity index (χ1) is 15.2. The molecule has 0 aliphatic carbocycles. The van der Waals surface area contributed by atoms with Crippen LogP contribution in [0.25, 0.3) is 0 Å². The van der Waals surface area contributed by atoms with Gasteiger partial charge in [-0.25, -0.2) is 9.59 Å². The standard InChI is InChI=1S/C19H28N2O5.C2H2O4/c1-4-26-19(23)14-5-8-21(9-6-14)10-7-18(22)20-15-11-16(24-2)13-17(12-15)25-3;3-1(4)2(5)6/h11-14H,4-10H2,1-3H3,(H,20,22);(H,3,4)(H,5,6). The summed E-state index contributed by atoms with van der Waals surface area (Å²) in [6.45, 7) is 4.54. The van der Waals surface area contributed by atoms with Crippen molar-refractivity contribution in [3.8, 4) is 11.5 Å². The molecule has 0 bridgehead atoms. The van der Waals surface area contributed by atoms with Crippen LogP contribution >= 0.6 is 0 Å². The second kappa shape index (κ2) is 13.9. The largest absolute Gasteiger partial charge is 0.497 e. The molecule has 0 atom stereocenters. The van der Waals surface area contributed by atoms with E-state index in [-0.39, 0.29) is 17.8 Å². The molecule has 11 nitrogen and oxygen atoms in total. The van der Waals surface area contributed by atoms with E-state index in [1.807, 2.05) is 6.92 Å². The van der Waals surface area contributed by atoms with Crippen LogP contribution < -0.4 is 14.8 Å². The normalized spacial score (nSPS) is 13.8. The van der Waals surface area contributed by atoms with E-state index < -0.39 is 11.9 Å². The number of methoxy groups -OCH3 is 2. The van der Waals surface area contributed by atoms with Crippen LogP contribution in [0.4, 0.5) is 5.69 Å². The number of hydrogen-bond acceptors (Lipinski definition) is 8. The number of esters is 1. The van der Waals surface area contributed by atoms with E-state index in [2.05, 4.69) is 10.2 Å². The van der Waals surface area contributed by atoms with Crippen LogP contribution in [0.15, 0.2) is 18.2 Å². The highest BCUT2D eigenvalue weighted by atomic mass is 16.5. The number of amides is 1. The number of likely N-dealkylation sites (tertiary alicyclic amines) is 1. The average Bonchev–Trinajstić information content (AvgIpc) is 2.78. The van der Waals surface area contributed by atoms with Crippen molar-refractivity contribution in [3.63, 3.8) is 0 Å². The molecular weight excluding hydrogens is 424 g/mol. The molecular formula is C21H30N2O9. The van der Waals surface area contributed by atoms with E-state index >= 15 is 0 Å². The fourth-order valence-corrected chi connectivity index (χ4v) is 3.02. The Hall–Kier alpha value is -3.34. The fraction of sp³-hybridized carbons (Fsp3) is 0.524. The third kappa shape index (κ3) is 9.65. The molecule has 1 amide bonds. The highest BCUT2D eigenvalue weighted by Gasteiger charge is 2.26. The number of aliphatic carboxylic acids is 2. The molecule has 1 aliphatic heterocycles. The number of benzene rings is 1.